The van der Waals surface area contributed by atoms with Gasteiger partial charge in [0, 0.05) is 18.7 Å². The molecule has 2 aliphatic rings. The lowest BCUT2D eigenvalue weighted by Crippen LogP contribution is -2.49. The number of likely N-dealkylation sites (tertiary alicyclic amines) is 1. The Kier molecular flexibility index (Phi) is 5.74. The fraction of sp³-hybridized carbons (Fsp3) is 0.500. The zero-order chi connectivity index (χ0) is 17.6. The Hall–Kier alpha value is -2.30. The molecule has 1 saturated heterocycles. The topological polar surface area (TPSA) is 72.6 Å². The molecular weight excluding hydrogens is 316 g/mol. The molecule has 5 heteroatoms. The molecule has 25 heavy (non-hydrogen) atoms. The van der Waals surface area contributed by atoms with Crippen LogP contribution >= 0.6 is 0 Å². The molecular formula is C20H26N2O3. The zero-order valence-corrected chi connectivity index (χ0v) is 14.5. The van der Waals surface area contributed by atoms with Gasteiger partial charge in [-0.3, -0.25) is 9.59 Å². The Bertz CT molecular complexity index is 637. The van der Waals surface area contributed by atoms with Gasteiger partial charge in [0.15, 0.2) is 6.61 Å². The van der Waals surface area contributed by atoms with Gasteiger partial charge in [0.05, 0.1) is 0 Å². The second-order valence-corrected chi connectivity index (χ2v) is 6.94. The van der Waals surface area contributed by atoms with Crippen LogP contribution in [0, 0.1) is 5.92 Å². The van der Waals surface area contributed by atoms with Crippen molar-refractivity contribution in [3.05, 3.63) is 35.9 Å². The molecule has 5 nitrogen and oxygen atoms in total. The van der Waals surface area contributed by atoms with Crippen molar-refractivity contribution in [2.75, 3.05) is 13.2 Å². The lowest BCUT2D eigenvalue weighted by Gasteiger charge is -2.43. The number of ether oxygens (including phenoxy) is 1. The second kappa shape index (κ2) is 8.19. The Balaban J connectivity index is 1.59. The number of amides is 2. The highest BCUT2D eigenvalue weighted by Crippen LogP contribution is 2.35. The smallest absolute Gasteiger partial charge is 0.255 e. The van der Waals surface area contributed by atoms with Gasteiger partial charge in [0.2, 0.25) is 5.91 Å². The number of piperidine rings is 1. The standard InChI is InChI=1S/C20H26N2O3/c21-19(23)14-25-17-10-7-15(8-11-17)9-12-20(24)22-13-3-5-16-4-1-2-6-18(16)22/h7-12,16,18H,1-6,13-14H2,(H2,21,23)/b12-9+/t16-,18-/m0/s1. The largest absolute Gasteiger partial charge is 0.484 e. The Morgan fingerprint density at radius 3 is 2.60 bits per heavy atom. The van der Waals surface area contributed by atoms with Crippen molar-refractivity contribution >= 4 is 17.9 Å². The minimum atomic E-state index is -0.503. The van der Waals surface area contributed by atoms with E-state index in [4.69, 9.17) is 10.5 Å². The molecule has 0 unspecified atom stereocenters. The molecule has 0 aromatic heterocycles. The number of nitrogens with two attached hydrogens (primary N) is 1. The summed E-state index contributed by atoms with van der Waals surface area (Å²) in [6.45, 7) is 0.745. The molecule has 0 spiro atoms. The number of rotatable bonds is 5. The number of hydrogen-bond acceptors (Lipinski definition) is 3. The SMILES string of the molecule is NC(=O)COc1ccc(/C=C/C(=O)N2CCC[C@@H]3CCCC[C@@H]32)cc1. The third kappa shape index (κ3) is 4.62. The molecule has 2 fully saturated rings. The Morgan fingerprint density at radius 1 is 1.12 bits per heavy atom. The van der Waals surface area contributed by atoms with Crippen LogP contribution in [0.25, 0.3) is 6.08 Å². The number of nitrogens with zero attached hydrogens (tertiary/aromatic N) is 1. The maximum Gasteiger partial charge on any atom is 0.255 e. The van der Waals surface area contributed by atoms with E-state index >= 15 is 0 Å². The van der Waals surface area contributed by atoms with E-state index in [1.54, 1.807) is 18.2 Å². The average molecular weight is 342 g/mol. The number of primary amides is 1. The summed E-state index contributed by atoms with van der Waals surface area (Å²) in [6.07, 6.45) is 10.9. The maximum atomic E-state index is 12.6. The predicted molar refractivity (Wildman–Crippen MR) is 96.9 cm³/mol. The van der Waals surface area contributed by atoms with Gasteiger partial charge >= 0.3 is 0 Å². The summed E-state index contributed by atoms with van der Waals surface area (Å²) in [6, 6.07) is 7.69. The van der Waals surface area contributed by atoms with Gasteiger partial charge in [-0.2, -0.15) is 0 Å². The van der Waals surface area contributed by atoms with E-state index in [9.17, 15) is 9.59 Å². The minimum absolute atomic E-state index is 0.116. The van der Waals surface area contributed by atoms with E-state index in [0.717, 1.165) is 24.9 Å². The van der Waals surface area contributed by atoms with Crippen molar-refractivity contribution in [3.8, 4) is 5.75 Å². The predicted octanol–water partition coefficient (Wildman–Crippen LogP) is 2.75. The molecule has 1 aromatic rings. The van der Waals surface area contributed by atoms with Crippen LogP contribution in [-0.4, -0.2) is 35.9 Å². The summed E-state index contributed by atoms with van der Waals surface area (Å²) >= 11 is 0. The van der Waals surface area contributed by atoms with E-state index in [0.29, 0.717) is 17.7 Å². The first-order chi connectivity index (χ1) is 12.1. The first kappa shape index (κ1) is 17.5. The minimum Gasteiger partial charge on any atom is -0.484 e. The third-order valence-corrected chi connectivity index (χ3v) is 5.21. The van der Waals surface area contributed by atoms with E-state index in [-0.39, 0.29) is 12.5 Å². The summed E-state index contributed by atoms with van der Waals surface area (Å²) in [5.41, 5.74) is 5.98. The van der Waals surface area contributed by atoms with Crippen LogP contribution in [0.5, 0.6) is 5.75 Å². The molecule has 3 rings (SSSR count). The summed E-state index contributed by atoms with van der Waals surface area (Å²) in [4.78, 5) is 25.4. The molecule has 1 aromatic carbocycles. The van der Waals surface area contributed by atoms with Gasteiger partial charge in [0.1, 0.15) is 5.75 Å². The molecule has 0 bridgehead atoms. The van der Waals surface area contributed by atoms with Crippen molar-refractivity contribution in [2.24, 2.45) is 11.7 Å². The number of benzene rings is 1. The molecule has 2 atom stereocenters. The molecule has 1 saturated carbocycles. The quantitative estimate of drug-likeness (QED) is 0.836. The maximum absolute atomic E-state index is 12.6. The highest BCUT2D eigenvalue weighted by Gasteiger charge is 2.34. The van der Waals surface area contributed by atoms with Crippen molar-refractivity contribution in [3.63, 3.8) is 0 Å². The molecule has 0 radical (unpaired) electrons. The molecule has 1 aliphatic heterocycles. The van der Waals surface area contributed by atoms with Crippen LogP contribution in [0.15, 0.2) is 30.3 Å². The van der Waals surface area contributed by atoms with Crippen LogP contribution < -0.4 is 10.5 Å². The van der Waals surface area contributed by atoms with Crippen molar-refractivity contribution < 1.29 is 14.3 Å². The first-order valence-electron chi connectivity index (χ1n) is 9.13. The van der Waals surface area contributed by atoms with E-state index < -0.39 is 5.91 Å². The van der Waals surface area contributed by atoms with E-state index in [1.165, 1.54) is 25.7 Å². The van der Waals surface area contributed by atoms with Gasteiger partial charge in [-0.1, -0.05) is 25.0 Å². The molecule has 1 aliphatic carbocycles. The number of carbonyl (C=O) groups is 2. The second-order valence-electron chi connectivity index (χ2n) is 6.94. The Morgan fingerprint density at radius 2 is 1.84 bits per heavy atom. The summed E-state index contributed by atoms with van der Waals surface area (Å²) in [7, 11) is 0. The highest BCUT2D eigenvalue weighted by molar-refractivity contribution is 5.92. The normalized spacial score (nSPS) is 23.3. The van der Waals surface area contributed by atoms with Gasteiger partial charge in [0.25, 0.3) is 5.91 Å². The van der Waals surface area contributed by atoms with Crippen molar-refractivity contribution in [1.29, 1.82) is 0 Å². The Labute approximate surface area is 148 Å². The fourth-order valence-corrected chi connectivity index (χ4v) is 3.99. The first-order valence-corrected chi connectivity index (χ1v) is 9.13. The van der Waals surface area contributed by atoms with Crippen LogP contribution in [0.2, 0.25) is 0 Å². The number of hydrogen-bond donors (Lipinski definition) is 1. The van der Waals surface area contributed by atoms with Crippen molar-refractivity contribution in [1.82, 2.24) is 4.90 Å². The van der Waals surface area contributed by atoms with E-state index in [1.807, 2.05) is 18.2 Å². The average Bonchev–Trinajstić information content (AvgIpc) is 2.64. The summed E-state index contributed by atoms with van der Waals surface area (Å²) in [5.74, 6) is 0.896. The van der Waals surface area contributed by atoms with Gasteiger partial charge in [-0.25, -0.2) is 0 Å². The molecule has 134 valence electrons. The van der Waals surface area contributed by atoms with E-state index in [2.05, 4.69) is 4.90 Å². The molecule has 2 amide bonds. The molecule has 1 heterocycles. The monoisotopic (exact) mass is 342 g/mol. The van der Waals surface area contributed by atoms with Crippen LogP contribution in [-0.2, 0) is 9.59 Å². The fourth-order valence-electron chi connectivity index (χ4n) is 3.99. The molecule has 2 N–H and O–H groups in total. The van der Waals surface area contributed by atoms with Crippen LogP contribution in [0.4, 0.5) is 0 Å². The van der Waals surface area contributed by atoms with Gasteiger partial charge in [-0.05, 0) is 55.4 Å². The van der Waals surface area contributed by atoms with Crippen LogP contribution in [0.3, 0.4) is 0 Å². The zero-order valence-electron chi connectivity index (χ0n) is 14.5. The van der Waals surface area contributed by atoms with Gasteiger partial charge in [-0.15, -0.1) is 0 Å². The van der Waals surface area contributed by atoms with Crippen LogP contribution in [0.1, 0.15) is 44.1 Å². The lowest BCUT2D eigenvalue weighted by atomic mass is 9.78. The van der Waals surface area contributed by atoms with Crippen molar-refractivity contribution in [2.45, 2.75) is 44.6 Å². The lowest BCUT2D eigenvalue weighted by molar-refractivity contribution is -0.132. The van der Waals surface area contributed by atoms with Gasteiger partial charge < -0.3 is 15.4 Å². The summed E-state index contributed by atoms with van der Waals surface area (Å²) in [5, 5.41) is 0. The number of carbonyl (C=O) groups excluding carboxylic acids is 2. The summed E-state index contributed by atoms with van der Waals surface area (Å²) < 4.78 is 5.23. The highest BCUT2D eigenvalue weighted by atomic mass is 16.5. The number of fused-ring (bicyclic) bond motifs is 1. The third-order valence-electron chi connectivity index (χ3n) is 5.21.